The van der Waals surface area contributed by atoms with E-state index in [1.165, 1.54) is 0 Å². The summed E-state index contributed by atoms with van der Waals surface area (Å²) in [5.41, 5.74) is 1.10. The number of aromatic nitrogens is 1. The van der Waals surface area contributed by atoms with E-state index in [1.54, 1.807) is 30.3 Å². The lowest BCUT2D eigenvalue weighted by atomic mass is 10.2. The van der Waals surface area contributed by atoms with Gasteiger partial charge >= 0.3 is 0 Å². The first kappa shape index (κ1) is 16.2. The molecule has 0 aliphatic heterocycles. The van der Waals surface area contributed by atoms with E-state index in [1.807, 2.05) is 14.1 Å². The largest absolute Gasteiger partial charge is 0.384 e. The molecule has 0 aromatic carbocycles. The Morgan fingerprint density at radius 2 is 2.05 bits per heavy atom. The molecule has 0 atom stereocenters. The molecular weight excluding hydrogens is 254 g/mol. The number of carbonyl (C=O) groups is 1. The van der Waals surface area contributed by atoms with Gasteiger partial charge in [-0.25, -0.2) is 4.98 Å². The van der Waals surface area contributed by atoms with Crippen LogP contribution < -0.4 is 0 Å². The van der Waals surface area contributed by atoms with E-state index in [0.717, 1.165) is 13.0 Å². The monoisotopic (exact) mass is 275 g/mol. The van der Waals surface area contributed by atoms with Crippen molar-refractivity contribution in [1.29, 1.82) is 0 Å². The summed E-state index contributed by atoms with van der Waals surface area (Å²) in [4.78, 5) is 20.0. The Balaban J connectivity index is 2.58. The number of aliphatic hydroxyl groups is 1. The van der Waals surface area contributed by atoms with Crippen LogP contribution in [0, 0.1) is 11.8 Å². The summed E-state index contributed by atoms with van der Waals surface area (Å²) >= 11 is 0. The standard InChI is InChI=1S/C15H21N3O2/c1-17(2)9-5-10-18(3)15(20)14-8-7-13(12-16-14)6-4-11-19/h7-8,12,19H,5,9-11H2,1-3H3. The SMILES string of the molecule is CN(C)CCCN(C)C(=O)c1ccc(C#CCO)cn1. The molecule has 0 saturated carbocycles. The predicted octanol–water partition coefficient (Wildman–Crippen LogP) is 0.449. The van der Waals surface area contributed by atoms with E-state index in [0.29, 0.717) is 17.8 Å². The molecule has 0 unspecified atom stereocenters. The molecule has 1 aromatic heterocycles. The molecule has 1 amide bonds. The van der Waals surface area contributed by atoms with Crippen LogP contribution in [-0.2, 0) is 0 Å². The third-order valence-electron chi connectivity index (χ3n) is 2.74. The molecule has 0 radical (unpaired) electrons. The molecule has 0 spiro atoms. The maximum Gasteiger partial charge on any atom is 0.272 e. The van der Waals surface area contributed by atoms with Crippen LogP contribution in [0.4, 0.5) is 0 Å². The summed E-state index contributed by atoms with van der Waals surface area (Å²) in [5, 5.41) is 8.61. The van der Waals surface area contributed by atoms with E-state index >= 15 is 0 Å². The Morgan fingerprint density at radius 3 is 2.60 bits per heavy atom. The van der Waals surface area contributed by atoms with Crippen molar-refractivity contribution in [3.05, 3.63) is 29.6 Å². The van der Waals surface area contributed by atoms with E-state index in [9.17, 15) is 4.79 Å². The van der Waals surface area contributed by atoms with Crippen LogP contribution in [0.3, 0.4) is 0 Å². The highest BCUT2D eigenvalue weighted by Gasteiger charge is 2.12. The molecule has 1 N–H and O–H groups in total. The second-order valence-corrected chi connectivity index (χ2v) is 4.78. The van der Waals surface area contributed by atoms with Crippen molar-refractivity contribution in [2.45, 2.75) is 6.42 Å². The van der Waals surface area contributed by atoms with Crippen molar-refractivity contribution < 1.29 is 9.90 Å². The first-order valence-corrected chi connectivity index (χ1v) is 6.50. The molecule has 0 fully saturated rings. The first-order chi connectivity index (χ1) is 9.54. The summed E-state index contributed by atoms with van der Waals surface area (Å²) in [6.07, 6.45) is 2.47. The first-order valence-electron chi connectivity index (χ1n) is 6.50. The fourth-order valence-corrected chi connectivity index (χ4v) is 1.66. The quantitative estimate of drug-likeness (QED) is 0.793. The highest BCUT2D eigenvalue weighted by atomic mass is 16.2. The fourth-order valence-electron chi connectivity index (χ4n) is 1.66. The number of pyridine rings is 1. The van der Waals surface area contributed by atoms with Gasteiger partial charge in [0.05, 0.1) is 0 Å². The van der Waals surface area contributed by atoms with Crippen molar-refractivity contribution in [2.24, 2.45) is 0 Å². The molecule has 0 aliphatic carbocycles. The Hall–Kier alpha value is -1.90. The average Bonchev–Trinajstić information content (AvgIpc) is 2.44. The van der Waals surface area contributed by atoms with E-state index < -0.39 is 0 Å². The summed E-state index contributed by atoms with van der Waals surface area (Å²) in [6.45, 7) is 1.46. The fraction of sp³-hybridized carbons (Fsp3) is 0.467. The zero-order valence-electron chi connectivity index (χ0n) is 12.3. The number of nitrogens with zero attached hydrogens (tertiary/aromatic N) is 3. The smallest absolute Gasteiger partial charge is 0.272 e. The lowest BCUT2D eigenvalue weighted by Crippen LogP contribution is -2.30. The van der Waals surface area contributed by atoms with E-state index in [2.05, 4.69) is 21.7 Å². The van der Waals surface area contributed by atoms with E-state index in [4.69, 9.17) is 5.11 Å². The van der Waals surface area contributed by atoms with Crippen LogP contribution in [-0.4, -0.2) is 66.6 Å². The molecular formula is C15H21N3O2. The zero-order chi connectivity index (χ0) is 15.0. The van der Waals surface area contributed by atoms with Gasteiger partial charge in [-0.05, 0) is 39.2 Å². The zero-order valence-corrected chi connectivity index (χ0v) is 12.3. The highest BCUT2D eigenvalue weighted by molar-refractivity contribution is 5.92. The molecule has 5 heteroatoms. The number of amides is 1. The van der Waals surface area contributed by atoms with Crippen molar-refractivity contribution in [2.75, 3.05) is 40.8 Å². The second kappa shape index (κ2) is 8.31. The van der Waals surface area contributed by atoms with Crippen molar-refractivity contribution in [3.63, 3.8) is 0 Å². The molecule has 0 aliphatic rings. The van der Waals surface area contributed by atoms with Gasteiger partial charge in [-0.15, -0.1) is 0 Å². The molecule has 108 valence electrons. The van der Waals surface area contributed by atoms with Gasteiger partial charge in [0.2, 0.25) is 0 Å². The minimum absolute atomic E-state index is 0.0922. The second-order valence-electron chi connectivity index (χ2n) is 4.78. The highest BCUT2D eigenvalue weighted by Crippen LogP contribution is 2.03. The number of hydrogen-bond acceptors (Lipinski definition) is 4. The minimum Gasteiger partial charge on any atom is -0.384 e. The molecule has 0 bridgehead atoms. The molecule has 1 rings (SSSR count). The summed E-state index contributed by atoms with van der Waals surface area (Å²) < 4.78 is 0. The van der Waals surface area contributed by atoms with Gasteiger partial charge in [-0.3, -0.25) is 4.79 Å². The Morgan fingerprint density at radius 1 is 1.30 bits per heavy atom. The average molecular weight is 275 g/mol. The number of hydrogen-bond donors (Lipinski definition) is 1. The lowest BCUT2D eigenvalue weighted by molar-refractivity contribution is 0.0785. The van der Waals surface area contributed by atoms with Gasteiger partial charge in [-0.2, -0.15) is 0 Å². The Kier molecular flexibility index (Phi) is 6.71. The van der Waals surface area contributed by atoms with Crippen LogP contribution in [0.15, 0.2) is 18.3 Å². The van der Waals surface area contributed by atoms with Crippen molar-refractivity contribution in [3.8, 4) is 11.8 Å². The molecule has 0 saturated heterocycles. The predicted molar refractivity (Wildman–Crippen MR) is 78.3 cm³/mol. The normalized spacial score (nSPS) is 10.1. The lowest BCUT2D eigenvalue weighted by Gasteiger charge is -2.18. The molecule has 1 aromatic rings. The van der Waals surface area contributed by atoms with Crippen molar-refractivity contribution >= 4 is 5.91 Å². The van der Waals surface area contributed by atoms with Gasteiger partial charge in [0.25, 0.3) is 5.91 Å². The van der Waals surface area contributed by atoms with Crippen molar-refractivity contribution in [1.82, 2.24) is 14.8 Å². The number of carbonyl (C=O) groups excluding carboxylic acids is 1. The van der Waals surface area contributed by atoms with Crippen LogP contribution in [0.2, 0.25) is 0 Å². The van der Waals surface area contributed by atoms with Crippen LogP contribution >= 0.6 is 0 Å². The molecule has 5 nitrogen and oxygen atoms in total. The van der Waals surface area contributed by atoms with E-state index in [-0.39, 0.29) is 12.5 Å². The van der Waals surface area contributed by atoms with Crippen LogP contribution in [0.25, 0.3) is 0 Å². The van der Waals surface area contributed by atoms with Gasteiger partial charge in [0.1, 0.15) is 12.3 Å². The maximum absolute atomic E-state index is 12.1. The Bertz CT molecular complexity index is 486. The summed E-state index contributed by atoms with van der Waals surface area (Å²) in [6, 6.07) is 3.39. The number of rotatable bonds is 5. The number of aliphatic hydroxyl groups excluding tert-OH is 1. The minimum atomic E-state index is -0.185. The molecule has 1 heterocycles. The third-order valence-corrected chi connectivity index (χ3v) is 2.74. The topological polar surface area (TPSA) is 56.7 Å². The summed E-state index contributed by atoms with van der Waals surface area (Å²) in [5.74, 6) is 5.19. The van der Waals surface area contributed by atoms with Crippen LogP contribution in [0.1, 0.15) is 22.5 Å². The maximum atomic E-state index is 12.1. The van der Waals surface area contributed by atoms with Crippen LogP contribution in [0.5, 0.6) is 0 Å². The third kappa shape index (κ3) is 5.39. The Labute approximate surface area is 120 Å². The molecule has 20 heavy (non-hydrogen) atoms. The van der Waals surface area contributed by atoms with Gasteiger partial charge in [-0.1, -0.05) is 11.8 Å². The summed E-state index contributed by atoms with van der Waals surface area (Å²) in [7, 11) is 5.80. The van der Waals surface area contributed by atoms with Gasteiger partial charge < -0.3 is 14.9 Å². The van der Waals surface area contributed by atoms with Gasteiger partial charge in [0, 0.05) is 25.4 Å². The van der Waals surface area contributed by atoms with Gasteiger partial charge in [0.15, 0.2) is 0 Å².